The van der Waals surface area contributed by atoms with Crippen molar-refractivity contribution >= 4 is 11.7 Å². The third-order valence-electron chi connectivity index (χ3n) is 0.638. The van der Waals surface area contributed by atoms with Crippen LogP contribution in [0.4, 0.5) is 4.79 Å². The molecule has 0 saturated carbocycles. The van der Waals surface area contributed by atoms with E-state index in [2.05, 4.69) is 17.1 Å². The number of nitrogens with zero attached hydrogens (tertiary/aromatic N) is 1. The quantitative estimate of drug-likeness (QED) is 0.404. The largest absolute Gasteiger partial charge is 0.350 e. The molecule has 9 heavy (non-hydrogen) atoms. The lowest BCUT2D eigenvalue weighted by Gasteiger charge is -1.91. The van der Waals surface area contributed by atoms with Crippen molar-refractivity contribution in [2.45, 2.75) is 6.92 Å². The summed E-state index contributed by atoms with van der Waals surface area (Å²) < 4.78 is 0. The molecule has 0 unspecified atom stereocenters. The second kappa shape index (κ2) is 3.65. The number of urea groups is 1. The van der Waals surface area contributed by atoms with Crippen LogP contribution in [0.2, 0.25) is 0 Å². The van der Waals surface area contributed by atoms with Crippen LogP contribution in [0.1, 0.15) is 6.92 Å². The van der Waals surface area contributed by atoms with E-state index in [9.17, 15) is 4.79 Å². The van der Waals surface area contributed by atoms with Crippen molar-refractivity contribution in [2.75, 3.05) is 0 Å². The summed E-state index contributed by atoms with van der Waals surface area (Å²) in [4.78, 5) is 9.99. The summed E-state index contributed by atoms with van der Waals surface area (Å²) in [6.07, 6.45) is 1.51. The number of carbonyl (C=O) groups excluding carboxylic acids is 1. The van der Waals surface area contributed by atoms with Crippen LogP contribution >= 0.6 is 0 Å². The zero-order valence-electron chi connectivity index (χ0n) is 5.22. The Balaban J connectivity index is 3.69. The van der Waals surface area contributed by atoms with Gasteiger partial charge in [0.1, 0.15) is 0 Å². The number of amides is 2. The molecule has 0 aromatic heterocycles. The van der Waals surface area contributed by atoms with Crippen LogP contribution in [0.3, 0.4) is 0 Å². The van der Waals surface area contributed by atoms with E-state index in [1.165, 1.54) is 6.08 Å². The van der Waals surface area contributed by atoms with Crippen LogP contribution in [0, 0.1) is 0 Å². The predicted molar refractivity (Wildman–Crippen MR) is 36.0 cm³/mol. The number of allylic oxidation sites excluding steroid dienone is 1. The number of nitrogens with two attached hydrogens (primary N) is 1. The first-order chi connectivity index (χ1) is 4.16. The van der Waals surface area contributed by atoms with E-state index >= 15 is 0 Å². The van der Waals surface area contributed by atoms with E-state index < -0.39 is 6.03 Å². The van der Waals surface area contributed by atoms with E-state index in [0.717, 1.165) is 0 Å². The van der Waals surface area contributed by atoms with Crippen LogP contribution in [0.5, 0.6) is 0 Å². The van der Waals surface area contributed by atoms with Gasteiger partial charge < -0.3 is 5.73 Å². The average Bonchev–Trinajstić information content (AvgIpc) is 1.83. The highest BCUT2D eigenvalue weighted by Crippen LogP contribution is 1.72. The zero-order valence-corrected chi connectivity index (χ0v) is 5.22. The molecule has 0 aliphatic rings. The van der Waals surface area contributed by atoms with Crippen LogP contribution in [0.25, 0.3) is 0 Å². The molecule has 4 heteroatoms. The Morgan fingerprint density at radius 3 is 2.78 bits per heavy atom. The Bertz CT molecular complexity index is 150. The van der Waals surface area contributed by atoms with E-state index in [1.54, 1.807) is 6.92 Å². The maximum absolute atomic E-state index is 9.99. The van der Waals surface area contributed by atoms with Crippen molar-refractivity contribution in [1.29, 1.82) is 0 Å². The molecule has 0 spiro atoms. The first-order valence-corrected chi connectivity index (χ1v) is 2.39. The maximum atomic E-state index is 9.99. The van der Waals surface area contributed by atoms with Crippen LogP contribution in [-0.2, 0) is 0 Å². The predicted octanol–water partition coefficient (Wildman–Crippen LogP) is 0.217. The molecule has 0 aliphatic heterocycles. The molecule has 0 aromatic carbocycles. The number of primary amides is 1. The molecule has 0 atom stereocenters. The molecule has 0 rings (SSSR count). The normalized spacial score (nSPS) is 10.6. The van der Waals surface area contributed by atoms with Gasteiger partial charge in [-0.3, -0.25) is 0 Å². The van der Waals surface area contributed by atoms with E-state index in [-0.39, 0.29) is 0 Å². The minimum Gasteiger partial charge on any atom is -0.350 e. The Hall–Kier alpha value is -1.32. The van der Waals surface area contributed by atoms with Crippen molar-refractivity contribution in [3.63, 3.8) is 0 Å². The Kier molecular flexibility index (Phi) is 3.12. The molecule has 0 fully saturated rings. The van der Waals surface area contributed by atoms with Gasteiger partial charge in [0.05, 0.1) is 5.71 Å². The summed E-state index contributed by atoms with van der Waals surface area (Å²) in [5.74, 6) is 0. The third-order valence-corrected chi connectivity index (χ3v) is 0.638. The number of hydrogen-bond acceptors (Lipinski definition) is 2. The number of hydrazone groups is 1. The zero-order chi connectivity index (χ0) is 7.28. The lowest BCUT2D eigenvalue weighted by atomic mass is 10.4. The van der Waals surface area contributed by atoms with Crippen molar-refractivity contribution in [2.24, 2.45) is 10.8 Å². The van der Waals surface area contributed by atoms with Crippen LogP contribution in [-0.4, -0.2) is 11.7 Å². The minimum absolute atomic E-state index is 0.619. The van der Waals surface area contributed by atoms with Crippen molar-refractivity contribution in [1.82, 2.24) is 5.43 Å². The number of nitrogens with one attached hydrogen (secondary N) is 1. The van der Waals surface area contributed by atoms with Crippen LogP contribution in [0.15, 0.2) is 17.8 Å². The molecule has 50 valence electrons. The Labute approximate surface area is 53.4 Å². The van der Waals surface area contributed by atoms with Crippen molar-refractivity contribution in [3.8, 4) is 0 Å². The topological polar surface area (TPSA) is 67.5 Å². The lowest BCUT2D eigenvalue weighted by Crippen LogP contribution is -2.25. The lowest BCUT2D eigenvalue weighted by molar-refractivity contribution is 0.249. The van der Waals surface area contributed by atoms with E-state index in [4.69, 9.17) is 5.73 Å². The highest BCUT2D eigenvalue weighted by molar-refractivity contribution is 5.92. The summed E-state index contributed by atoms with van der Waals surface area (Å²) in [5, 5.41) is 3.52. The summed E-state index contributed by atoms with van der Waals surface area (Å²) in [6.45, 7) is 5.11. The fraction of sp³-hybridized carbons (Fsp3) is 0.200. The number of carbonyl (C=O) groups is 1. The Morgan fingerprint density at radius 2 is 2.44 bits per heavy atom. The highest BCUT2D eigenvalue weighted by atomic mass is 16.2. The van der Waals surface area contributed by atoms with E-state index in [0.29, 0.717) is 5.71 Å². The van der Waals surface area contributed by atoms with Gasteiger partial charge in [-0.25, -0.2) is 10.2 Å². The van der Waals surface area contributed by atoms with Gasteiger partial charge in [-0.15, -0.1) is 0 Å². The molecule has 4 nitrogen and oxygen atoms in total. The third kappa shape index (κ3) is 4.53. The van der Waals surface area contributed by atoms with Gasteiger partial charge in [-0.05, 0) is 13.0 Å². The van der Waals surface area contributed by atoms with Gasteiger partial charge in [0.15, 0.2) is 0 Å². The smallest absolute Gasteiger partial charge is 0.332 e. The molecule has 0 saturated heterocycles. The molecule has 0 heterocycles. The molecule has 0 radical (unpaired) electrons. The van der Waals surface area contributed by atoms with Gasteiger partial charge in [0, 0.05) is 0 Å². The molecule has 3 N–H and O–H groups in total. The standard InChI is InChI=1S/C5H9N3O/c1-3-4(2)7-8-5(6)9/h3H,1H2,2H3,(H3,6,8,9)/b7-4-. The fourth-order valence-corrected chi connectivity index (χ4v) is 0.189. The molecular formula is C5H9N3O. The average molecular weight is 127 g/mol. The number of hydrogen-bond donors (Lipinski definition) is 2. The second-order valence-electron chi connectivity index (χ2n) is 1.43. The van der Waals surface area contributed by atoms with Crippen molar-refractivity contribution < 1.29 is 4.79 Å². The first-order valence-electron chi connectivity index (χ1n) is 2.39. The van der Waals surface area contributed by atoms with Crippen molar-refractivity contribution in [3.05, 3.63) is 12.7 Å². The van der Waals surface area contributed by atoms with Gasteiger partial charge in [0.2, 0.25) is 0 Å². The SMILES string of the molecule is C=C/C(C)=N\NC(N)=O. The minimum atomic E-state index is -0.670. The van der Waals surface area contributed by atoms with Gasteiger partial charge in [-0.1, -0.05) is 6.58 Å². The second-order valence-corrected chi connectivity index (χ2v) is 1.43. The summed E-state index contributed by atoms with van der Waals surface area (Å²) in [5.41, 5.74) is 7.38. The van der Waals surface area contributed by atoms with Crippen LogP contribution < -0.4 is 11.2 Å². The van der Waals surface area contributed by atoms with Gasteiger partial charge in [-0.2, -0.15) is 5.10 Å². The maximum Gasteiger partial charge on any atom is 0.332 e. The monoisotopic (exact) mass is 127 g/mol. The molecule has 0 aliphatic carbocycles. The molecule has 2 amide bonds. The first kappa shape index (κ1) is 7.68. The molecule has 0 aromatic rings. The summed E-state index contributed by atoms with van der Waals surface area (Å²) in [6, 6.07) is -0.670. The molecular weight excluding hydrogens is 118 g/mol. The van der Waals surface area contributed by atoms with Gasteiger partial charge in [0.25, 0.3) is 0 Å². The fourth-order valence-electron chi connectivity index (χ4n) is 0.189. The summed E-state index contributed by atoms with van der Waals surface area (Å²) in [7, 11) is 0. The highest BCUT2D eigenvalue weighted by Gasteiger charge is 1.84. The molecule has 0 bridgehead atoms. The van der Waals surface area contributed by atoms with Gasteiger partial charge >= 0.3 is 6.03 Å². The van der Waals surface area contributed by atoms with E-state index in [1.807, 2.05) is 0 Å². The Morgan fingerprint density at radius 1 is 1.89 bits per heavy atom. The summed E-state index contributed by atoms with van der Waals surface area (Å²) >= 11 is 0. The number of rotatable bonds is 2.